The van der Waals surface area contributed by atoms with Gasteiger partial charge in [0.05, 0.1) is 20.3 Å². The lowest BCUT2D eigenvalue weighted by molar-refractivity contribution is 0.172. The fraction of sp³-hybridized carbons (Fsp3) is 0.350. The third-order valence-electron chi connectivity index (χ3n) is 4.02. The number of hydrogen-bond donors (Lipinski definition) is 3. The highest BCUT2D eigenvalue weighted by Gasteiger charge is 2.12. The third kappa shape index (κ3) is 5.97. The van der Waals surface area contributed by atoms with Crippen LogP contribution in [0.3, 0.4) is 0 Å². The maximum absolute atomic E-state index is 11.8. The maximum atomic E-state index is 11.8. The number of nitrogens with one attached hydrogen (secondary N) is 2. The molecule has 0 saturated heterocycles. The van der Waals surface area contributed by atoms with Gasteiger partial charge in [-0.2, -0.15) is 0 Å². The molecule has 1 atom stereocenters. The Balaban J connectivity index is 1.71. The molecule has 6 nitrogen and oxygen atoms in total. The summed E-state index contributed by atoms with van der Waals surface area (Å²) in [5.74, 6) is 1.13. The van der Waals surface area contributed by atoms with Gasteiger partial charge in [0, 0.05) is 13.1 Å². The van der Waals surface area contributed by atoms with Crippen molar-refractivity contribution in [2.45, 2.75) is 18.9 Å². The van der Waals surface area contributed by atoms with Crippen LogP contribution in [-0.4, -0.2) is 38.4 Å². The number of aliphatic hydroxyl groups is 1. The summed E-state index contributed by atoms with van der Waals surface area (Å²) < 4.78 is 10.4. The van der Waals surface area contributed by atoms with Crippen LogP contribution in [-0.2, 0) is 6.42 Å². The predicted molar refractivity (Wildman–Crippen MR) is 101 cm³/mol. The molecule has 3 N–H and O–H groups in total. The molecule has 1 unspecified atom stereocenters. The molecule has 2 aromatic rings. The van der Waals surface area contributed by atoms with Crippen molar-refractivity contribution >= 4 is 6.03 Å². The normalized spacial score (nSPS) is 11.5. The second-order valence-electron chi connectivity index (χ2n) is 5.86. The first-order chi connectivity index (χ1) is 12.6. The molecular weight excluding hydrogens is 332 g/mol. The van der Waals surface area contributed by atoms with Gasteiger partial charge in [0.15, 0.2) is 11.5 Å². The average Bonchev–Trinajstić information content (AvgIpc) is 2.69. The average molecular weight is 358 g/mol. The van der Waals surface area contributed by atoms with Crippen molar-refractivity contribution in [3.8, 4) is 11.5 Å². The van der Waals surface area contributed by atoms with Crippen molar-refractivity contribution in [3.05, 3.63) is 59.7 Å². The van der Waals surface area contributed by atoms with Crippen LogP contribution in [0.4, 0.5) is 4.79 Å². The van der Waals surface area contributed by atoms with Crippen LogP contribution >= 0.6 is 0 Å². The first-order valence-corrected chi connectivity index (χ1v) is 8.59. The van der Waals surface area contributed by atoms with E-state index in [9.17, 15) is 9.90 Å². The molecule has 2 aromatic carbocycles. The largest absolute Gasteiger partial charge is 0.493 e. The Bertz CT molecular complexity index is 691. The van der Waals surface area contributed by atoms with Gasteiger partial charge < -0.3 is 25.2 Å². The molecule has 0 spiro atoms. The quantitative estimate of drug-likeness (QED) is 0.602. The molecule has 0 aliphatic rings. The van der Waals surface area contributed by atoms with Crippen molar-refractivity contribution in [1.82, 2.24) is 10.6 Å². The maximum Gasteiger partial charge on any atom is 0.314 e. The fourth-order valence-corrected chi connectivity index (χ4v) is 2.57. The molecule has 6 heteroatoms. The van der Waals surface area contributed by atoms with E-state index in [1.54, 1.807) is 25.3 Å². The first-order valence-electron chi connectivity index (χ1n) is 8.59. The van der Waals surface area contributed by atoms with Gasteiger partial charge in [-0.25, -0.2) is 4.79 Å². The van der Waals surface area contributed by atoms with Gasteiger partial charge in [-0.1, -0.05) is 36.4 Å². The lowest BCUT2D eigenvalue weighted by Gasteiger charge is -2.15. The van der Waals surface area contributed by atoms with E-state index in [0.29, 0.717) is 23.6 Å². The lowest BCUT2D eigenvalue weighted by Crippen LogP contribution is -2.38. The molecule has 0 bridgehead atoms. The van der Waals surface area contributed by atoms with Crippen LogP contribution in [0.5, 0.6) is 11.5 Å². The topological polar surface area (TPSA) is 79.8 Å². The summed E-state index contributed by atoms with van der Waals surface area (Å²) in [6.45, 7) is 0.688. The Morgan fingerprint density at radius 3 is 2.46 bits per heavy atom. The third-order valence-corrected chi connectivity index (χ3v) is 4.02. The van der Waals surface area contributed by atoms with Gasteiger partial charge in [0.2, 0.25) is 0 Å². The van der Waals surface area contributed by atoms with Crippen molar-refractivity contribution < 1.29 is 19.4 Å². The number of hydrogen-bond acceptors (Lipinski definition) is 4. The summed E-state index contributed by atoms with van der Waals surface area (Å²) in [5.41, 5.74) is 1.89. The van der Waals surface area contributed by atoms with E-state index < -0.39 is 6.10 Å². The number of aryl methyl sites for hydroxylation is 1. The van der Waals surface area contributed by atoms with Crippen molar-refractivity contribution in [1.29, 1.82) is 0 Å². The van der Waals surface area contributed by atoms with E-state index in [-0.39, 0.29) is 12.6 Å². The zero-order chi connectivity index (χ0) is 18.8. The molecule has 0 aromatic heterocycles. The molecule has 2 amide bonds. The SMILES string of the molecule is COc1ccc(C(O)CNC(=O)NCCCc2ccccc2)cc1OC. The highest BCUT2D eigenvalue weighted by Crippen LogP contribution is 2.29. The summed E-state index contributed by atoms with van der Waals surface area (Å²) >= 11 is 0. The van der Waals surface area contributed by atoms with Crippen LogP contribution in [0, 0.1) is 0 Å². The minimum atomic E-state index is -0.829. The van der Waals surface area contributed by atoms with E-state index in [1.165, 1.54) is 12.7 Å². The van der Waals surface area contributed by atoms with Crippen molar-refractivity contribution in [2.24, 2.45) is 0 Å². The second kappa shape index (κ2) is 10.3. The Morgan fingerprint density at radius 1 is 1.04 bits per heavy atom. The predicted octanol–water partition coefficient (Wildman–Crippen LogP) is 2.67. The Morgan fingerprint density at radius 2 is 1.77 bits per heavy atom. The molecule has 2 rings (SSSR count). The highest BCUT2D eigenvalue weighted by molar-refractivity contribution is 5.73. The van der Waals surface area contributed by atoms with Gasteiger partial charge in [0.1, 0.15) is 0 Å². The van der Waals surface area contributed by atoms with Crippen LogP contribution in [0.25, 0.3) is 0 Å². The van der Waals surface area contributed by atoms with Crippen LogP contribution < -0.4 is 20.1 Å². The minimum Gasteiger partial charge on any atom is -0.493 e. The summed E-state index contributed by atoms with van der Waals surface area (Å²) in [7, 11) is 3.09. The zero-order valence-electron chi connectivity index (χ0n) is 15.2. The Hall–Kier alpha value is -2.73. The van der Waals surface area contributed by atoms with Gasteiger partial charge >= 0.3 is 6.03 Å². The van der Waals surface area contributed by atoms with Gasteiger partial charge in [-0.05, 0) is 36.1 Å². The molecule has 0 heterocycles. The van der Waals surface area contributed by atoms with Crippen LogP contribution in [0.2, 0.25) is 0 Å². The standard InChI is InChI=1S/C20H26N2O4/c1-25-18-11-10-16(13-19(18)26-2)17(23)14-22-20(24)21-12-6-9-15-7-4-3-5-8-15/h3-5,7-8,10-11,13,17,23H,6,9,12,14H2,1-2H3,(H2,21,22,24). The molecule has 26 heavy (non-hydrogen) atoms. The molecule has 0 fully saturated rings. The van der Waals surface area contributed by atoms with E-state index in [1.807, 2.05) is 18.2 Å². The van der Waals surface area contributed by atoms with Gasteiger partial charge in [0.25, 0.3) is 0 Å². The monoisotopic (exact) mass is 358 g/mol. The van der Waals surface area contributed by atoms with E-state index in [2.05, 4.69) is 22.8 Å². The number of carbonyl (C=O) groups excluding carboxylic acids is 1. The number of rotatable bonds is 9. The molecule has 0 saturated carbocycles. The number of benzene rings is 2. The summed E-state index contributed by atoms with van der Waals surface area (Å²) in [6, 6.07) is 15.0. The number of methoxy groups -OCH3 is 2. The molecule has 0 aliphatic carbocycles. The Labute approximate surface area is 154 Å². The van der Waals surface area contributed by atoms with Crippen LogP contribution in [0.15, 0.2) is 48.5 Å². The van der Waals surface area contributed by atoms with E-state index >= 15 is 0 Å². The fourth-order valence-electron chi connectivity index (χ4n) is 2.57. The molecule has 140 valence electrons. The number of urea groups is 1. The zero-order valence-corrected chi connectivity index (χ0v) is 15.2. The summed E-state index contributed by atoms with van der Waals surface area (Å²) in [6.07, 6.45) is 0.940. The van der Waals surface area contributed by atoms with E-state index in [0.717, 1.165) is 12.8 Å². The lowest BCUT2D eigenvalue weighted by atomic mass is 10.1. The highest BCUT2D eigenvalue weighted by atomic mass is 16.5. The number of aliphatic hydroxyl groups excluding tert-OH is 1. The smallest absolute Gasteiger partial charge is 0.314 e. The molecule has 0 aliphatic heterocycles. The number of ether oxygens (including phenoxy) is 2. The summed E-state index contributed by atoms with van der Waals surface area (Å²) in [5, 5.41) is 15.7. The second-order valence-corrected chi connectivity index (χ2v) is 5.86. The van der Waals surface area contributed by atoms with Gasteiger partial charge in [-0.3, -0.25) is 0 Å². The Kier molecular flexibility index (Phi) is 7.76. The van der Waals surface area contributed by atoms with Crippen LogP contribution in [0.1, 0.15) is 23.7 Å². The minimum absolute atomic E-state index is 0.111. The van der Waals surface area contributed by atoms with Crippen molar-refractivity contribution in [2.75, 3.05) is 27.3 Å². The molecular formula is C20H26N2O4. The first kappa shape index (κ1) is 19.6. The number of amides is 2. The number of carbonyl (C=O) groups is 1. The van der Waals surface area contributed by atoms with Gasteiger partial charge in [-0.15, -0.1) is 0 Å². The molecule has 0 radical (unpaired) electrons. The summed E-state index contributed by atoms with van der Waals surface area (Å²) in [4.78, 5) is 11.8. The van der Waals surface area contributed by atoms with E-state index in [4.69, 9.17) is 9.47 Å². The van der Waals surface area contributed by atoms with Crippen molar-refractivity contribution in [3.63, 3.8) is 0 Å².